The van der Waals surface area contributed by atoms with Crippen molar-refractivity contribution in [3.05, 3.63) is 24.4 Å². The second-order valence-electron chi connectivity index (χ2n) is 2.59. The number of fused-ring (bicyclic) bond motifs is 1. The van der Waals surface area contributed by atoms with Gasteiger partial charge in [0.25, 0.3) is 0 Å². The highest BCUT2D eigenvalue weighted by atomic mass is 16.5. The van der Waals surface area contributed by atoms with Crippen LogP contribution in [-0.2, 0) is 6.61 Å². The predicted octanol–water partition coefficient (Wildman–Crippen LogP) is 0.230. The standard InChI is InChI=1S/C8H9N3O2/c1-13-8-7-2-9-5-11(7)3-6(4-12)10-8/h2-3,5,12H,4H2,1H3. The lowest BCUT2D eigenvalue weighted by molar-refractivity contribution is 0.273. The van der Waals surface area contributed by atoms with Crippen LogP contribution in [0.5, 0.6) is 5.88 Å². The van der Waals surface area contributed by atoms with Crippen molar-refractivity contribution in [2.24, 2.45) is 0 Å². The van der Waals surface area contributed by atoms with E-state index in [1.54, 1.807) is 23.1 Å². The van der Waals surface area contributed by atoms with E-state index < -0.39 is 0 Å². The van der Waals surface area contributed by atoms with Gasteiger partial charge < -0.3 is 9.84 Å². The van der Waals surface area contributed by atoms with Crippen LogP contribution < -0.4 is 4.74 Å². The summed E-state index contributed by atoms with van der Waals surface area (Å²) in [5.41, 5.74) is 1.35. The molecule has 0 aliphatic heterocycles. The fraction of sp³-hybridized carbons (Fsp3) is 0.250. The van der Waals surface area contributed by atoms with E-state index in [1.807, 2.05) is 0 Å². The van der Waals surface area contributed by atoms with Gasteiger partial charge in [-0.05, 0) is 0 Å². The van der Waals surface area contributed by atoms with Gasteiger partial charge in [-0.3, -0.25) is 4.40 Å². The first kappa shape index (κ1) is 8.00. The van der Waals surface area contributed by atoms with Crippen LogP contribution in [0.25, 0.3) is 5.52 Å². The Morgan fingerprint density at radius 1 is 1.62 bits per heavy atom. The van der Waals surface area contributed by atoms with E-state index in [0.717, 1.165) is 5.52 Å². The van der Waals surface area contributed by atoms with Crippen molar-refractivity contribution in [3.63, 3.8) is 0 Å². The number of rotatable bonds is 2. The molecule has 0 amide bonds. The number of hydrogen-bond acceptors (Lipinski definition) is 4. The van der Waals surface area contributed by atoms with Gasteiger partial charge in [-0.15, -0.1) is 0 Å². The van der Waals surface area contributed by atoms with Crippen LogP contribution in [0.4, 0.5) is 0 Å². The molecule has 0 spiro atoms. The molecule has 68 valence electrons. The molecule has 0 aliphatic carbocycles. The summed E-state index contributed by atoms with van der Waals surface area (Å²) in [5, 5.41) is 8.90. The van der Waals surface area contributed by atoms with Crippen LogP contribution in [0, 0.1) is 0 Å². The number of aromatic nitrogens is 3. The minimum Gasteiger partial charge on any atom is -0.479 e. The molecule has 0 radical (unpaired) electrons. The lowest BCUT2D eigenvalue weighted by atomic mass is 10.4. The molecule has 0 saturated heterocycles. The van der Waals surface area contributed by atoms with E-state index in [0.29, 0.717) is 11.6 Å². The summed E-state index contributed by atoms with van der Waals surface area (Å²) >= 11 is 0. The van der Waals surface area contributed by atoms with E-state index in [1.165, 1.54) is 7.11 Å². The van der Waals surface area contributed by atoms with E-state index in [9.17, 15) is 0 Å². The number of imidazole rings is 1. The fourth-order valence-corrected chi connectivity index (χ4v) is 1.18. The number of aliphatic hydroxyl groups is 1. The predicted molar refractivity (Wildman–Crippen MR) is 45.5 cm³/mol. The Labute approximate surface area is 74.6 Å². The van der Waals surface area contributed by atoms with Crippen LogP contribution in [0.1, 0.15) is 5.69 Å². The van der Waals surface area contributed by atoms with Crippen LogP contribution in [-0.4, -0.2) is 26.6 Å². The average Bonchev–Trinajstić information content (AvgIpc) is 2.63. The van der Waals surface area contributed by atoms with Crippen molar-refractivity contribution in [3.8, 4) is 5.88 Å². The minimum absolute atomic E-state index is 0.107. The van der Waals surface area contributed by atoms with Crippen molar-refractivity contribution in [1.29, 1.82) is 0 Å². The van der Waals surface area contributed by atoms with Crippen molar-refractivity contribution in [1.82, 2.24) is 14.4 Å². The molecule has 0 aliphatic rings. The molecule has 2 rings (SSSR count). The summed E-state index contributed by atoms with van der Waals surface area (Å²) in [6, 6.07) is 0. The largest absolute Gasteiger partial charge is 0.479 e. The zero-order valence-corrected chi connectivity index (χ0v) is 7.14. The molecule has 1 N–H and O–H groups in total. The quantitative estimate of drug-likeness (QED) is 0.716. The highest BCUT2D eigenvalue weighted by Crippen LogP contribution is 2.16. The van der Waals surface area contributed by atoms with Crippen molar-refractivity contribution in [2.45, 2.75) is 6.61 Å². The van der Waals surface area contributed by atoms with Crippen LogP contribution in [0.15, 0.2) is 18.7 Å². The maximum Gasteiger partial charge on any atom is 0.240 e. The zero-order chi connectivity index (χ0) is 9.26. The second kappa shape index (κ2) is 3.02. The average molecular weight is 179 g/mol. The molecule has 0 aromatic carbocycles. The first-order chi connectivity index (χ1) is 6.35. The molecular weight excluding hydrogens is 170 g/mol. The smallest absolute Gasteiger partial charge is 0.240 e. The Morgan fingerprint density at radius 3 is 3.15 bits per heavy atom. The summed E-state index contributed by atoms with van der Waals surface area (Å²) in [7, 11) is 1.54. The molecular formula is C8H9N3O2. The molecule has 5 nitrogen and oxygen atoms in total. The zero-order valence-electron chi connectivity index (χ0n) is 7.14. The first-order valence-electron chi connectivity index (χ1n) is 3.81. The van der Waals surface area contributed by atoms with Crippen LogP contribution >= 0.6 is 0 Å². The summed E-state index contributed by atoms with van der Waals surface area (Å²) in [5.74, 6) is 0.476. The van der Waals surface area contributed by atoms with Gasteiger partial charge in [-0.1, -0.05) is 0 Å². The molecule has 5 heteroatoms. The molecule has 2 aromatic rings. The Kier molecular flexibility index (Phi) is 1.86. The van der Waals surface area contributed by atoms with Crippen LogP contribution in [0.2, 0.25) is 0 Å². The van der Waals surface area contributed by atoms with Crippen molar-refractivity contribution >= 4 is 5.52 Å². The van der Waals surface area contributed by atoms with Crippen molar-refractivity contribution in [2.75, 3.05) is 7.11 Å². The molecule has 2 aromatic heterocycles. The number of nitrogens with zero attached hydrogens (tertiary/aromatic N) is 3. The van der Waals surface area contributed by atoms with E-state index in [4.69, 9.17) is 9.84 Å². The summed E-state index contributed by atoms with van der Waals surface area (Å²) < 4.78 is 6.81. The molecule has 0 saturated carbocycles. The van der Waals surface area contributed by atoms with Gasteiger partial charge in [0.15, 0.2) is 0 Å². The molecule has 0 atom stereocenters. The van der Waals surface area contributed by atoms with Gasteiger partial charge >= 0.3 is 0 Å². The maximum absolute atomic E-state index is 8.90. The molecule has 2 heterocycles. The summed E-state index contributed by atoms with van der Waals surface area (Å²) in [6.45, 7) is -0.107. The molecule has 13 heavy (non-hydrogen) atoms. The molecule has 0 fully saturated rings. The van der Waals surface area contributed by atoms with Gasteiger partial charge in [-0.2, -0.15) is 0 Å². The number of methoxy groups -OCH3 is 1. The second-order valence-corrected chi connectivity index (χ2v) is 2.59. The Hall–Kier alpha value is -1.62. The highest BCUT2D eigenvalue weighted by molar-refractivity contribution is 5.54. The Balaban J connectivity index is 2.70. The lowest BCUT2D eigenvalue weighted by Gasteiger charge is -2.03. The number of aliphatic hydroxyl groups excluding tert-OH is 1. The summed E-state index contributed by atoms with van der Waals surface area (Å²) in [4.78, 5) is 8.02. The Bertz CT molecular complexity index is 424. The third-order valence-electron chi connectivity index (χ3n) is 1.77. The fourth-order valence-electron chi connectivity index (χ4n) is 1.18. The Morgan fingerprint density at radius 2 is 2.46 bits per heavy atom. The van der Waals surface area contributed by atoms with E-state index in [-0.39, 0.29) is 6.61 Å². The molecule has 0 unspecified atom stereocenters. The topological polar surface area (TPSA) is 59.7 Å². The summed E-state index contributed by atoms with van der Waals surface area (Å²) in [6.07, 6.45) is 5.01. The number of ether oxygens (including phenoxy) is 1. The number of hydrogen-bond donors (Lipinski definition) is 1. The van der Waals surface area contributed by atoms with Gasteiger partial charge in [-0.25, -0.2) is 9.97 Å². The third-order valence-corrected chi connectivity index (χ3v) is 1.77. The van der Waals surface area contributed by atoms with Gasteiger partial charge in [0, 0.05) is 6.20 Å². The maximum atomic E-state index is 8.90. The molecule has 0 bridgehead atoms. The minimum atomic E-state index is -0.107. The third kappa shape index (κ3) is 1.23. The van der Waals surface area contributed by atoms with Gasteiger partial charge in [0.2, 0.25) is 5.88 Å². The van der Waals surface area contributed by atoms with Crippen molar-refractivity contribution < 1.29 is 9.84 Å². The monoisotopic (exact) mass is 179 g/mol. The van der Waals surface area contributed by atoms with E-state index in [2.05, 4.69) is 9.97 Å². The lowest BCUT2D eigenvalue weighted by Crippen LogP contribution is -1.98. The highest BCUT2D eigenvalue weighted by Gasteiger charge is 2.05. The van der Waals surface area contributed by atoms with E-state index >= 15 is 0 Å². The normalized spacial score (nSPS) is 10.6. The SMILES string of the molecule is COc1nc(CO)cn2cncc12. The van der Waals surface area contributed by atoms with Crippen LogP contribution in [0.3, 0.4) is 0 Å². The first-order valence-corrected chi connectivity index (χ1v) is 3.81. The van der Waals surface area contributed by atoms with Gasteiger partial charge in [0.05, 0.1) is 31.9 Å². The van der Waals surface area contributed by atoms with Gasteiger partial charge in [0.1, 0.15) is 5.52 Å².